The number of nitrogens with one attached hydrogen (secondary N) is 1. The van der Waals surface area contributed by atoms with Gasteiger partial charge in [-0.1, -0.05) is 68.3 Å². The van der Waals surface area contributed by atoms with Crippen molar-refractivity contribution in [2.24, 2.45) is 0 Å². The van der Waals surface area contributed by atoms with E-state index < -0.39 is 6.04 Å². The van der Waals surface area contributed by atoms with Crippen LogP contribution in [0.4, 0.5) is 0 Å². The summed E-state index contributed by atoms with van der Waals surface area (Å²) in [4.78, 5) is 27.7. The van der Waals surface area contributed by atoms with Crippen molar-refractivity contribution in [2.45, 2.75) is 59.4 Å². The van der Waals surface area contributed by atoms with Crippen molar-refractivity contribution >= 4 is 11.8 Å². The number of amides is 2. The van der Waals surface area contributed by atoms with Crippen LogP contribution < -0.4 is 10.1 Å². The number of rotatable bonds is 12. The van der Waals surface area contributed by atoms with Gasteiger partial charge in [-0.25, -0.2) is 0 Å². The van der Waals surface area contributed by atoms with Crippen molar-refractivity contribution in [1.29, 1.82) is 0 Å². The number of carbonyl (C=O) groups is 2. The molecule has 0 aromatic heterocycles. The molecule has 2 aromatic carbocycles. The normalized spacial score (nSPS) is 11.6. The lowest BCUT2D eigenvalue weighted by Gasteiger charge is -2.30. The number of aryl methyl sites for hydroxylation is 2. The first-order valence-electron chi connectivity index (χ1n) is 11.3. The molecule has 0 saturated carbocycles. The molecule has 0 bridgehead atoms. The highest BCUT2D eigenvalue weighted by atomic mass is 16.5. The van der Waals surface area contributed by atoms with E-state index in [1.165, 1.54) is 0 Å². The molecule has 0 aliphatic carbocycles. The molecular weight excluding hydrogens is 388 g/mol. The van der Waals surface area contributed by atoms with Gasteiger partial charge in [-0.2, -0.15) is 0 Å². The zero-order chi connectivity index (χ0) is 22.6. The van der Waals surface area contributed by atoms with Gasteiger partial charge in [0.05, 0.1) is 0 Å². The summed E-state index contributed by atoms with van der Waals surface area (Å²) in [6, 6.07) is 15.4. The number of benzene rings is 2. The Balaban J connectivity index is 2.11. The second-order valence-electron chi connectivity index (χ2n) is 7.95. The predicted octanol–water partition coefficient (Wildman–Crippen LogP) is 4.45. The maximum Gasteiger partial charge on any atom is 0.261 e. The third kappa shape index (κ3) is 7.74. The van der Waals surface area contributed by atoms with Crippen molar-refractivity contribution in [3.63, 3.8) is 0 Å². The predicted molar refractivity (Wildman–Crippen MR) is 125 cm³/mol. The molecule has 2 rings (SSSR count). The molecule has 31 heavy (non-hydrogen) atoms. The van der Waals surface area contributed by atoms with Gasteiger partial charge >= 0.3 is 0 Å². The standard InChI is InChI=1S/C26H36N2O3/c1-5-7-16-27-26(30)23(6-2)28(17-15-22-11-9-8-10-12-22)25(29)19-31-24-14-13-20(3)18-21(24)4/h8-14,18,23H,5-7,15-17,19H2,1-4H3,(H,27,30). The summed E-state index contributed by atoms with van der Waals surface area (Å²) >= 11 is 0. The van der Waals surface area contributed by atoms with Crippen LogP contribution in [0.1, 0.15) is 49.8 Å². The van der Waals surface area contributed by atoms with Crippen LogP contribution in [0.3, 0.4) is 0 Å². The van der Waals surface area contributed by atoms with Gasteiger partial charge in [0, 0.05) is 13.1 Å². The monoisotopic (exact) mass is 424 g/mol. The van der Waals surface area contributed by atoms with E-state index in [0.717, 1.165) is 29.5 Å². The number of carbonyl (C=O) groups excluding carboxylic acids is 2. The first kappa shape index (κ1) is 24.4. The minimum atomic E-state index is -0.504. The second kappa shape index (κ2) is 12.8. The Bertz CT molecular complexity index is 836. The van der Waals surface area contributed by atoms with E-state index >= 15 is 0 Å². The van der Waals surface area contributed by atoms with E-state index in [1.807, 2.05) is 69.3 Å². The van der Waals surface area contributed by atoms with Gasteiger partial charge in [0.15, 0.2) is 6.61 Å². The molecule has 5 nitrogen and oxygen atoms in total. The molecular formula is C26H36N2O3. The fraction of sp³-hybridized carbons (Fsp3) is 0.462. The van der Waals surface area contributed by atoms with Crippen LogP contribution in [0.2, 0.25) is 0 Å². The van der Waals surface area contributed by atoms with E-state index in [-0.39, 0.29) is 18.4 Å². The lowest BCUT2D eigenvalue weighted by atomic mass is 10.1. The molecule has 1 atom stereocenters. The van der Waals surface area contributed by atoms with Gasteiger partial charge in [-0.3, -0.25) is 9.59 Å². The van der Waals surface area contributed by atoms with Gasteiger partial charge in [0.1, 0.15) is 11.8 Å². The summed E-state index contributed by atoms with van der Waals surface area (Å²) in [5, 5.41) is 2.98. The summed E-state index contributed by atoms with van der Waals surface area (Å²) in [5.74, 6) is 0.430. The fourth-order valence-electron chi connectivity index (χ4n) is 3.59. The Kier molecular flexibility index (Phi) is 10.1. The third-order valence-corrected chi connectivity index (χ3v) is 5.38. The highest BCUT2D eigenvalue weighted by molar-refractivity contribution is 5.88. The first-order chi connectivity index (χ1) is 15.0. The molecule has 2 amide bonds. The van der Waals surface area contributed by atoms with Crippen LogP contribution >= 0.6 is 0 Å². The Morgan fingerprint density at radius 2 is 1.81 bits per heavy atom. The molecule has 0 aliphatic heterocycles. The molecule has 0 spiro atoms. The molecule has 1 N–H and O–H groups in total. The van der Waals surface area contributed by atoms with Crippen molar-refractivity contribution < 1.29 is 14.3 Å². The smallest absolute Gasteiger partial charge is 0.261 e. The van der Waals surface area contributed by atoms with Gasteiger partial charge in [0.25, 0.3) is 5.91 Å². The van der Waals surface area contributed by atoms with Crippen LogP contribution in [0.25, 0.3) is 0 Å². The number of hydrogen-bond donors (Lipinski definition) is 1. The Labute approximate surface area is 186 Å². The zero-order valence-electron chi connectivity index (χ0n) is 19.3. The average molecular weight is 425 g/mol. The SMILES string of the molecule is CCCCNC(=O)C(CC)N(CCc1ccccc1)C(=O)COc1ccc(C)cc1C. The Morgan fingerprint density at radius 1 is 1.06 bits per heavy atom. The maximum atomic E-state index is 13.2. The quantitative estimate of drug-likeness (QED) is 0.512. The Hall–Kier alpha value is -2.82. The second-order valence-corrected chi connectivity index (χ2v) is 7.95. The molecule has 1 unspecified atom stereocenters. The van der Waals surface area contributed by atoms with Crippen molar-refractivity contribution in [3.8, 4) is 5.75 Å². The number of nitrogens with zero attached hydrogens (tertiary/aromatic N) is 1. The molecule has 0 fully saturated rings. The van der Waals surface area contributed by atoms with Crippen LogP contribution in [-0.2, 0) is 16.0 Å². The molecule has 0 radical (unpaired) electrons. The van der Waals surface area contributed by atoms with Crippen molar-refractivity contribution in [2.75, 3.05) is 19.7 Å². The Morgan fingerprint density at radius 3 is 2.45 bits per heavy atom. The van der Waals surface area contributed by atoms with Crippen LogP contribution in [0.15, 0.2) is 48.5 Å². The van der Waals surface area contributed by atoms with Crippen LogP contribution in [0, 0.1) is 13.8 Å². The largest absolute Gasteiger partial charge is 0.483 e. The van der Waals surface area contributed by atoms with Crippen molar-refractivity contribution in [1.82, 2.24) is 10.2 Å². The first-order valence-corrected chi connectivity index (χ1v) is 11.3. The number of unbranched alkanes of at least 4 members (excludes halogenated alkanes) is 1. The average Bonchev–Trinajstić information content (AvgIpc) is 2.76. The number of hydrogen-bond acceptors (Lipinski definition) is 3. The molecule has 2 aromatic rings. The minimum Gasteiger partial charge on any atom is -0.483 e. The van der Waals surface area contributed by atoms with Crippen molar-refractivity contribution in [3.05, 3.63) is 65.2 Å². The van der Waals surface area contributed by atoms with Gasteiger partial charge < -0.3 is 15.0 Å². The van der Waals surface area contributed by atoms with Gasteiger partial charge in [-0.05, 0) is 50.3 Å². The van der Waals surface area contributed by atoms with E-state index in [1.54, 1.807) is 4.90 Å². The molecule has 0 saturated heterocycles. The minimum absolute atomic E-state index is 0.0859. The molecule has 5 heteroatoms. The summed E-state index contributed by atoms with van der Waals surface area (Å²) in [7, 11) is 0. The lowest BCUT2D eigenvalue weighted by molar-refractivity contribution is -0.142. The zero-order valence-corrected chi connectivity index (χ0v) is 19.3. The highest BCUT2D eigenvalue weighted by Crippen LogP contribution is 2.19. The summed E-state index contributed by atoms with van der Waals surface area (Å²) in [5.41, 5.74) is 3.28. The van der Waals surface area contributed by atoms with E-state index in [9.17, 15) is 9.59 Å². The van der Waals surface area contributed by atoms with E-state index in [2.05, 4.69) is 12.2 Å². The molecule has 0 aliphatic rings. The topological polar surface area (TPSA) is 58.6 Å². The highest BCUT2D eigenvalue weighted by Gasteiger charge is 2.28. The summed E-state index contributed by atoms with van der Waals surface area (Å²) in [6.45, 7) is 9.04. The fourth-order valence-corrected chi connectivity index (χ4v) is 3.59. The van der Waals surface area contributed by atoms with Crippen LogP contribution in [0.5, 0.6) is 5.75 Å². The third-order valence-electron chi connectivity index (χ3n) is 5.38. The van der Waals surface area contributed by atoms with Gasteiger partial charge in [0.2, 0.25) is 5.91 Å². The van der Waals surface area contributed by atoms with Gasteiger partial charge in [-0.15, -0.1) is 0 Å². The van der Waals surface area contributed by atoms with E-state index in [0.29, 0.717) is 31.7 Å². The maximum absolute atomic E-state index is 13.2. The van der Waals surface area contributed by atoms with Crippen LogP contribution in [-0.4, -0.2) is 42.5 Å². The summed E-state index contributed by atoms with van der Waals surface area (Å²) < 4.78 is 5.84. The molecule has 168 valence electrons. The summed E-state index contributed by atoms with van der Waals surface area (Å²) in [6.07, 6.45) is 3.18. The lowest BCUT2D eigenvalue weighted by Crippen LogP contribution is -2.51. The molecule has 0 heterocycles. The van der Waals surface area contributed by atoms with E-state index in [4.69, 9.17) is 4.74 Å². The number of ether oxygens (including phenoxy) is 1.